The van der Waals surface area contributed by atoms with Crippen LogP contribution in [-0.2, 0) is 22.6 Å². The molecule has 0 N–H and O–H groups in total. The van der Waals surface area contributed by atoms with Gasteiger partial charge in [0.15, 0.2) is 17.2 Å². The van der Waals surface area contributed by atoms with Gasteiger partial charge in [-0.3, -0.25) is 4.98 Å². The molecule has 220 valence electrons. The number of ether oxygens (including phenoxy) is 7. The molecular weight excluding hydrogens is 554 g/mol. The van der Waals surface area contributed by atoms with Gasteiger partial charge in [-0.2, -0.15) is 0 Å². The number of nitrogens with zero attached hydrogens (tertiary/aromatic N) is 1. The summed E-state index contributed by atoms with van der Waals surface area (Å²) < 4.78 is 38.6. The fraction of sp³-hybridized carbons (Fsp3) is 0.182. The molecule has 0 radical (unpaired) electrons. The van der Waals surface area contributed by atoms with Crippen molar-refractivity contribution in [3.63, 3.8) is 0 Å². The average molecular weight is 584 g/mol. The Hall–Kier alpha value is -5.51. The second-order valence-electron chi connectivity index (χ2n) is 9.34. The summed E-state index contributed by atoms with van der Waals surface area (Å²) in [5.74, 6) is 1.71. The molecule has 0 unspecified atom stereocenters. The number of esters is 2. The topological polar surface area (TPSA) is 112 Å². The van der Waals surface area contributed by atoms with Crippen LogP contribution in [0.2, 0.25) is 0 Å². The number of pyridine rings is 1. The fourth-order valence-electron chi connectivity index (χ4n) is 4.50. The molecular formula is C33H29NO9. The highest BCUT2D eigenvalue weighted by Crippen LogP contribution is 2.40. The van der Waals surface area contributed by atoms with Crippen LogP contribution in [0.15, 0.2) is 85.1 Å². The third-order valence-corrected chi connectivity index (χ3v) is 6.69. The maximum absolute atomic E-state index is 13.2. The Kier molecular flexibility index (Phi) is 8.76. The number of hydrogen-bond acceptors (Lipinski definition) is 10. The van der Waals surface area contributed by atoms with Crippen LogP contribution in [0.25, 0.3) is 11.3 Å². The molecule has 0 bridgehead atoms. The summed E-state index contributed by atoms with van der Waals surface area (Å²) in [5, 5.41) is 0. The van der Waals surface area contributed by atoms with E-state index in [0.29, 0.717) is 56.7 Å². The molecule has 1 aliphatic heterocycles. The van der Waals surface area contributed by atoms with Crippen LogP contribution < -0.4 is 28.4 Å². The first kappa shape index (κ1) is 29.0. The lowest BCUT2D eigenvalue weighted by Gasteiger charge is -2.16. The van der Waals surface area contributed by atoms with Crippen LogP contribution in [0.3, 0.4) is 0 Å². The summed E-state index contributed by atoms with van der Waals surface area (Å²) in [6.07, 6.45) is 1.74. The van der Waals surface area contributed by atoms with Crippen molar-refractivity contribution in [1.82, 2.24) is 4.98 Å². The van der Waals surface area contributed by atoms with E-state index in [0.717, 1.165) is 0 Å². The van der Waals surface area contributed by atoms with E-state index in [1.54, 1.807) is 80.0 Å². The van der Waals surface area contributed by atoms with Gasteiger partial charge >= 0.3 is 11.9 Å². The maximum atomic E-state index is 13.2. The molecule has 4 aromatic rings. The van der Waals surface area contributed by atoms with Crippen LogP contribution in [0, 0.1) is 0 Å². The molecule has 2 heterocycles. The van der Waals surface area contributed by atoms with Gasteiger partial charge in [-0.25, -0.2) is 9.59 Å². The van der Waals surface area contributed by atoms with Crippen molar-refractivity contribution in [1.29, 1.82) is 0 Å². The average Bonchev–Trinajstić information content (AvgIpc) is 3.50. The van der Waals surface area contributed by atoms with Gasteiger partial charge in [-0.1, -0.05) is 24.8 Å². The second-order valence-corrected chi connectivity index (χ2v) is 9.34. The summed E-state index contributed by atoms with van der Waals surface area (Å²) in [5.41, 5.74) is 2.81. The SMILES string of the molecule is C=C(Cc1cc2c(cc1OC)OCO2)C(=O)Oc1cccnc1-c1ccc(OC)cc1OCc1ccccc1C(=O)OC. The summed E-state index contributed by atoms with van der Waals surface area (Å²) in [4.78, 5) is 30.0. The molecule has 0 saturated heterocycles. The van der Waals surface area contributed by atoms with Crippen molar-refractivity contribution >= 4 is 11.9 Å². The van der Waals surface area contributed by atoms with E-state index in [1.807, 2.05) is 0 Å². The highest BCUT2D eigenvalue weighted by Gasteiger charge is 2.22. The Labute approximate surface area is 248 Å². The summed E-state index contributed by atoms with van der Waals surface area (Å²) in [6, 6.07) is 19.0. The van der Waals surface area contributed by atoms with Crippen molar-refractivity contribution < 1.29 is 42.7 Å². The first-order valence-electron chi connectivity index (χ1n) is 13.2. The van der Waals surface area contributed by atoms with E-state index in [1.165, 1.54) is 14.2 Å². The monoisotopic (exact) mass is 583 g/mol. The molecule has 1 aromatic heterocycles. The van der Waals surface area contributed by atoms with Crippen molar-refractivity contribution in [2.24, 2.45) is 0 Å². The molecule has 0 aliphatic carbocycles. The van der Waals surface area contributed by atoms with Crippen molar-refractivity contribution in [3.8, 4) is 45.8 Å². The zero-order valence-electron chi connectivity index (χ0n) is 23.9. The first-order valence-corrected chi connectivity index (χ1v) is 13.2. The summed E-state index contributed by atoms with van der Waals surface area (Å²) >= 11 is 0. The van der Waals surface area contributed by atoms with E-state index in [9.17, 15) is 9.59 Å². The third-order valence-electron chi connectivity index (χ3n) is 6.69. The number of methoxy groups -OCH3 is 3. The van der Waals surface area contributed by atoms with Crippen LogP contribution in [-0.4, -0.2) is 45.0 Å². The predicted octanol–water partition coefficient (Wildman–Crippen LogP) is 5.56. The van der Waals surface area contributed by atoms with E-state index in [4.69, 9.17) is 33.2 Å². The van der Waals surface area contributed by atoms with E-state index in [2.05, 4.69) is 11.6 Å². The van der Waals surface area contributed by atoms with Gasteiger partial charge in [-0.15, -0.1) is 0 Å². The number of rotatable bonds is 11. The number of hydrogen-bond donors (Lipinski definition) is 0. The number of fused-ring (bicyclic) bond motifs is 1. The summed E-state index contributed by atoms with van der Waals surface area (Å²) in [6.45, 7) is 4.12. The standard InChI is InChI=1S/C33H29NO9/c1-20(14-22-15-29-30(42-19-41-29)17-27(22)38-3)32(35)43-26-10-7-13-34-31(26)25-12-11-23(37-2)16-28(25)40-18-21-8-5-6-9-24(21)33(36)39-4/h5-13,15-17H,1,14,18-19H2,2-4H3. The minimum absolute atomic E-state index is 0.0571. The van der Waals surface area contributed by atoms with Gasteiger partial charge in [0.25, 0.3) is 0 Å². The fourth-order valence-corrected chi connectivity index (χ4v) is 4.50. The highest BCUT2D eigenvalue weighted by molar-refractivity contribution is 5.92. The molecule has 3 aromatic carbocycles. The van der Waals surface area contributed by atoms with Crippen molar-refractivity contribution in [2.75, 3.05) is 28.1 Å². The normalized spacial score (nSPS) is 11.4. The molecule has 0 saturated carbocycles. The molecule has 0 fully saturated rings. The summed E-state index contributed by atoms with van der Waals surface area (Å²) in [7, 11) is 4.40. The Morgan fingerprint density at radius 3 is 2.42 bits per heavy atom. The number of carbonyl (C=O) groups is 2. The molecule has 5 rings (SSSR count). The van der Waals surface area contributed by atoms with Crippen molar-refractivity contribution in [3.05, 3.63) is 102 Å². The minimum Gasteiger partial charge on any atom is -0.497 e. The number of aromatic nitrogens is 1. The van der Waals surface area contributed by atoms with Crippen LogP contribution >= 0.6 is 0 Å². The largest absolute Gasteiger partial charge is 0.497 e. The lowest BCUT2D eigenvalue weighted by molar-refractivity contribution is -0.130. The van der Waals surface area contributed by atoms with E-state index < -0.39 is 11.9 Å². The van der Waals surface area contributed by atoms with Gasteiger partial charge in [0.05, 0.1) is 26.9 Å². The van der Waals surface area contributed by atoms with Gasteiger partial charge in [-0.05, 0) is 36.4 Å². The maximum Gasteiger partial charge on any atom is 0.339 e. The Bertz CT molecular complexity index is 1680. The van der Waals surface area contributed by atoms with Gasteiger partial charge in [0, 0.05) is 47.0 Å². The molecule has 0 amide bonds. The first-order chi connectivity index (χ1) is 20.9. The highest BCUT2D eigenvalue weighted by atomic mass is 16.7. The number of benzene rings is 3. The van der Waals surface area contributed by atoms with Crippen LogP contribution in [0.5, 0.6) is 34.5 Å². The van der Waals surface area contributed by atoms with E-state index >= 15 is 0 Å². The quantitative estimate of drug-likeness (QED) is 0.164. The second kappa shape index (κ2) is 13.0. The smallest absolute Gasteiger partial charge is 0.339 e. The number of carbonyl (C=O) groups excluding carboxylic acids is 2. The Morgan fingerprint density at radius 1 is 0.860 bits per heavy atom. The predicted molar refractivity (Wildman–Crippen MR) is 156 cm³/mol. The lowest BCUT2D eigenvalue weighted by atomic mass is 10.0. The van der Waals surface area contributed by atoms with Crippen LogP contribution in [0.4, 0.5) is 0 Å². The molecule has 1 aliphatic rings. The molecule has 10 heteroatoms. The van der Waals surface area contributed by atoms with Gasteiger partial charge in [0.1, 0.15) is 29.5 Å². The van der Waals surface area contributed by atoms with Gasteiger partial charge < -0.3 is 33.2 Å². The molecule has 0 atom stereocenters. The van der Waals surface area contributed by atoms with Gasteiger partial charge in [0.2, 0.25) is 6.79 Å². The van der Waals surface area contributed by atoms with Crippen molar-refractivity contribution in [2.45, 2.75) is 13.0 Å². The molecule has 10 nitrogen and oxygen atoms in total. The Morgan fingerprint density at radius 2 is 1.65 bits per heavy atom. The zero-order chi connectivity index (χ0) is 30.3. The third kappa shape index (κ3) is 6.38. The zero-order valence-corrected chi connectivity index (χ0v) is 23.9. The lowest BCUT2D eigenvalue weighted by Crippen LogP contribution is -2.13. The Balaban J connectivity index is 1.39. The minimum atomic E-state index is -0.642. The van der Waals surface area contributed by atoms with Crippen LogP contribution in [0.1, 0.15) is 21.5 Å². The molecule has 43 heavy (non-hydrogen) atoms. The molecule has 0 spiro atoms. The van der Waals surface area contributed by atoms with E-state index in [-0.39, 0.29) is 31.1 Å².